The van der Waals surface area contributed by atoms with Gasteiger partial charge in [-0.1, -0.05) is 114 Å². The maximum atomic E-state index is 15.5. The predicted octanol–water partition coefficient (Wildman–Crippen LogP) is 9.45. The SMILES string of the molecule is C.COc1cc(-c2cccc(-c3cccc(NC(=O)c4cn(C)c(=O)n(C)c4=O)c3Cl)c2Cl)cc(F)c1C=O.COc1cc(-c2cccc(-c3cccc(NC(=O)c4cn(C)c(=O)n(C)c4=O)c3Cl)c2Cl)cc(F)c1CN[C@H]1CCOC[C@H]1O.Cl.N[C@H]1CCOC[C@H]1O. The normalized spacial score (nSPS) is 15.8. The highest BCUT2D eigenvalue weighted by molar-refractivity contribution is 6.40. The molecule has 2 aliphatic rings. The van der Waals surface area contributed by atoms with E-state index in [1.807, 2.05) is 0 Å². The number of aliphatic hydroxyl groups excluding tert-OH is 2. The molecule has 2 aromatic heterocycles. The van der Waals surface area contributed by atoms with Gasteiger partial charge >= 0.3 is 11.4 Å². The van der Waals surface area contributed by atoms with Crippen molar-refractivity contribution < 1.29 is 52.3 Å². The van der Waals surface area contributed by atoms with Crippen molar-refractivity contribution in [3.8, 4) is 56.0 Å². The first-order valence-corrected chi connectivity index (χ1v) is 29.4. The molecular weight excluding hydrogens is 1320 g/mol. The van der Waals surface area contributed by atoms with Crippen molar-refractivity contribution in [3.63, 3.8) is 0 Å². The predicted molar refractivity (Wildman–Crippen MR) is 358 cm³/mol. The van der Waals surface area contributed by atoms with Crippen molar-refractivity contribution in [2.75, 3.05) is 51.3 Å². The minimum atomic E-state index is -0.761. The quantitative estimate of drug-likeness (QED) is 0.0553. The highest BCUT2D eigenvalue weighted by Gasteiger charge is 2.27. The Labute approximate surface area is 558 Å². The molecule has 0 bridgehead atoms. The smallest absolute Gasteiger partial charge is 0.330 e. The number of nitrogens with one attached hydrogen (secondary N) is 3. The van der Waals surface area contributed by atoms with Crippen molar-refractivity contribution >= 4 is 88.3 Å². The van der Waals surface area contributed by atoms with E-state index in [0.717, 1.165) is 30.9 Å². The van der Waals surface area contributed by atoms with Gasteiger partial charge in [0.15, 0.2) is 6.29 Å². The molecule has 93 heavy (non-hydrogen) atoms. The van der Waals surface area contributed by atoms with Crippen LogP contribution in [-0.4, -0.2) is 112 Å². The van der Waals surface area contributed by atoms with Crippen molar-refractivity contribution in [1.82, 2.24) is 23.6 Å². The molecule has 6 aromatic carbocycles. The van der Waals surface area contributed by atoms with Gasteiger partial charge in [0.05, 0.1) is 76.7 Å². The summed E-state index contributed by atoms with van der Waals surface area (Å²) >= 11 is 27.0. The molecular formula is C65H67Cl5F2N8O13. The van der Waals surface area contributed by atoms with E-state index in [9.17, 15) is 43.1 Å². The van der Waals surface area contributed by atoms with E-state index < -0.39 is 58.2 Å². The number of nitrogens with zero attached hydrogens (tertiary/aromatic N) is 4. The fourth-order valence-electron chi connectivity index (χ4n) is 9.99. The lowest BCUT2D eigenvalue weighted by molar-refractivity contribution is -0.0281. The number of aryl methyl sites for hydroxylation is 2. The molecule has 494 valence electrons. The van der Waals surface area contributed by atoms with Crippen LogP contribution in [0.4, 0.5) is 20.2 Å². The average Bonchev–Trinajstić information content (AvgIpc) is 0.805. The van der Waals surface area contributed by atoms with Crippen LogP contribution in [0.15, 0.2) is 129 Å². The molecule has 2 fully saturated rings. The summed E-state index contributed by atoms with van der Waals surface area (Å²) in [5, 5.41) is 28.4. The Morgan fingerprint density at radius 1 is 0.624 bits per heavy atom. The lowest BCUT2D eigenvalue weighted by Crippen LogP contribution is -2.46. The number of aromatic nitrogens is 4. The largest absolute Gasteiger partial charge is 0.496 e. The van der Waals surface area contributed by atoms with Gasteiger partial charge in [-0.3, -0.25) is 33.1 Å². The zero-order valence-corrected chi connectivity index (χ0v) is 54.0. The number of hydrogen-bond acceptors (Lipinski definition) is 15. The minimum absolute atomic E-state index is 0. The topological polar surface area (TPSA) is 279 Å². The van der Waals surface area contributed by atoms with Crippen molar-refractivity contribution in [1.29, 1.82) is 0 Å². The number of rotatable bonds is 14. The zero-order valence-electron chi connectivity index (χ0n) is 50.2. The van der Waals surface area contributed by atoms with Gasteiger partial charge in [0.25, 0.3) is 22.9 Å². The Balaban J connectivity index is 0.000000260. The van der Waals surface area contributed by atoms with Gasteiger partial charge in [0.2, 0.25) is 0 Å². The second-order valence-electron chi connectivity index (χ2n) is 21.0. The van der Waals surface area contributed by atoms with Gasteiger partial charge in [-0.05, 0) is 60.4 Å². The van der Waals surface area contributed by atoms with E-state index in [0.29, 0.717) is 88.3 Å². The fraction of sp³-hybridized carbons (Fsp3) is 0.277. The molecule has 0 saturated carbocycles. The van der Waals surface area contributed by atoms with Crippen LogP contribution in [0, 0.1) is 11.6 Å². The summed E-state index contributed by atoms with van der Waals surface area (Å²) in [4.78, 5) is 86.2. The van der Waals surface area contributed by atoms with Gasteiger partial charge < -0.3 is 60.0 Å². The highest BCUT2D eigenvalue weighted by atomic mass is 35.5. The number of methoxy groups -OCH3 is 2. The number of benzene rings is 6. The molecule has 2 aliphatic heterocycles. The first-order chi connectivity index (χ1) is 43.4. The summed E-state index contributed by atoms with van der Waals surface area (Å²) < 4.78 is 54.9. The van der Waals surface area contributed by atoms with Crippen LogP contribution in [0.1, 0.15) is 56.9 Å². The molecule has 0 radical (unpaired) electrons. The van der Waals surface area contributed by atoms with Crippen LogP contribution in [0.25, 0.3) is 44.5 Å². The molecule has 8 aromatic rings. The maximum Gasteiger partial charge on any atom is 0.330 e. The first-order valence-electron chi connectivity index (χ1n) is 27.9. The number of aldehydes is 1. The van der Waals surface area contributed by atoms with Crippen LogP contribution >= 0.6 is 58.8 Å². The van der Waals surface area contributed by atoms with Crippen molar-refractivity contribution in [2.24, 2.45) is 33.9 Å². The summed E-state index contributed by atoms with van der Waals surface area (Å²) in [5.41, 5.74) is 6.64. The lowest BCUT2D eigenvalue weighted by atomic mass is 9.97. The number of ether oxygens (including phenoxy) is 4. The molecule has 0 unspecified atom stereocenters. The van der Waals surface area contributed by atoms with Crippen molar-refractivity contribution in [3.05, 3.63) is 205 Å². The second kappa shape index (κ2) is 32.7. The van der Waals surface area contributed by atoms with Crippen LogP contribution in [0.3, 0.4) is 0 Å². The number of hydrogen-bond donors (Lipinski definition) is 6. The third-order valence-corrected chi connectivity index (χ3v) is 16.8. The number of anilines is 2. The number of carbonyl (C=O) groups excluding carboxylic acids is 3. The van der Waals surface area contributed by atoms with Crippen LogP contribution in [-0.2, 0) is 44.2 Å². The molecule has 0 spiro atoms. The third kappa shape index (κ3) is 16.5. The summed E-state index contributed by atoms with van der Waals surface area (Å²) in [7, 11) is 8.20. The standard InChI is InChI=1S/C32H31Cl2FN4O6.C27H20Cl2FN3O5.C5H11NO2.CH4.ClH/c1-38-15-22(31(42)39(2)32(38)43)30(41)37-25-9-5-8-20(29(25)34)19-7-4-6-18(28(19)33)17-12-23(35)21(27(13-17)44-3)14-36-24-10-11-45-16-26(24)40;1-32-12-18(26(36)33(2)27(32)37)25(35)31-21-9-5-8-17(24(21)29)16-7-4-6-15(23(16)28)14-10-20(30)19(13-34)22(11-14)38-3;6-4-1-2-8-3-5(4)7;;/h4-9,12-13,15,24,26,36,40H,10-11,14,16H2,1-3H3,(H,37,41);4-13H,1-3H3,(H,31,35);4-5,7H,1-3,6H2;1H4;1H/t24-,26+;;4-,5+;;/m0.0../s1. The Kier molecular flexibility index (Phi) is 26.0. The van der Waals surface area contributed by atoms with E-state index >= 15 is 4.39 Å². The molecule has 7 N–H and O–H groups in total. The van der Waals surface area contributed by atoms with E-state index in [4.69, 9.17) is 76.2 Å². The molecule has 21 nitrogen and oxygen atoms in total. The monoisotopic (exact) mass is 1380 g/mol. The number of nitrogens with two attached hydrogens (primary N) is 1. The Bertz CT molecular complexity index is 4350. The molecule has 2 saturated heterocycles. The zero-order chi connectivity index (χ0) is 66.1. The average molecular weight is 1380 g/mol. The van der Waals surface area contributed by atoms with E-state index in [1.165, 1.54) is 66.8 Å². The van der Waals surface area contributed by atoms with E-state index in [2.05, 4.69) is 16.0 Å². The van der Waals surface area contributed by atoms with Crippen molar-refractivity contribution in [2.45, 2.75) is 51.1 Å². The summed E-state index contributed by atoms with van der Waals surface area (Å²) in [5.74, 6) is -2.39. The Morgan fingerprint density at radius 2 is 1.03 bits per heavy atom. The minimum Gasteiger partial charge on any atom is -0.496 e. The van der Waals surface area contributed by atoms with E-state index in [-0.39, 0.29) is 99.0 Å². The number of aliphatic hydroxyl groups is 2. The van der Waals surface area contributed by atoms with Crippen LogP contribution in [0.2, 0.25) is 20.1 Å². The Morgan fingerprint density at radius 3 is 1.45 bits per heavy atom. The Hall–Kier alpha value is -8.04. The van der Waals surface area contributed by atoms with Gasteiger partial charge in [0, 0.05) is 111 Å². The molecule has 4 heterocycles. The van der Waals surface area contributed by atoms with E-state index in [1.54, 1.807) is 78.9 Å². The maximum absolute atomic E-state index is 15.5. The molecule has 0 aliphatic carbocycles. The third-order valence-electron chi connectivity index (χ3n) is 15.1. The number of carbonyl (C=O) groups is 3. The van der Waals surface area contributed by atoms with Gasteiger partial charge in [-0.2, -0.15) is 0 Å². The van der Waals surface area contributed by atoms with Gasteiger partial charge in [-0.25, -0.2) is 18.4 Å². The summed E-state index contributed by atoms with van der Waals surface area (Å²) in [6, 6.07) is 25.6. The fourth-order valence-corrected chi connectivity index (χ4v) is 11.2. The highest BCUT2D eigenvalue weighted by Crippen LogP contribution is 2.44. The summed E-state index contributed by atoms with van der Waals surface area (Å²) in [6.45, 7) is 1.97. The van der Waals surface area contributed by atoms with Crippen LogP contribution in [0.5, 0.6) is 11.5 Å². The van der Waals surface area contributed by atoms with Gasteiger partial charge in [0.1, 0.15) is 34.3 Å². The summed E-state index contributed by atoms with van der Waals surface area (Å²) in [6.07, 6.45) is 2.95. The van der Waals surface area contributed by atoms with Gasteiger partial charge in [-0.15, -0.1) is 12.4 Å². The molecule has 2 amide bonds. The molecule has 28 heteroatoms. The number of amides is 2. The number of halogens is 7. The molecule has 10 rings (SSSR count). The lowest BCUT2D eigenvalue weighted by Gasteiger charge is -2.29. The second-order valence-corrected chi connectivity index (χ2v) is 22.5. The first kappa shape index (κ1) is 74.0. The molecule has 4 atom stereocenters. The van der Waals surface area contributed by atoms with Crippen LogP contribution < -0.4 is 53.7 Å².